The molecule has 2 aromatic rings. The van der Waals surface area contributed by atoms with Gasteiger partial charge in [-0.15, -0.1) is 5.10 Å². The molecular formula is C13H17ClN4O. The third-order valence-corrected chi connectivity index (χ3v) is 3.23. The number of benzene rings is 1. The van der Waals surface area contributed by atoms with Gasteiger partial charge in [0.25, 0.3) is 0 Å². The van der Waals surface area contributed by atoms with E-state index in [0.717, 1.165) is 28.5 Å². The van der Waals surface area contributed by atoms with Crippen LogP contribution in [0, 0.1) is 6.92 Å². The van der Waals surface area contributed by atoms with Gasteiger partial charge in [0, 0.05) is 25.2 Å². The van der Waals surface area contributed by atoms with Gasteiger partial charge in [0.1, 0.15) is 0 Å². The van der Waals surface area contributed by atoms with Gasteiger partial charge in [-0.1, -0.05) is 22.9 Å². The molecular weight excluding hydrogens is 264 g/mol. The Labute approximate surface area is 117 Å². The Morgan fingerprint density at radius 2 is 2.26 bits per heavy atom. The maximum atomic E-state index is 6.10. The molecule has 1 aromatic carbocycles. The van der Waals surface area contributed by atoms with Gasteiger partial charge >= 0.3 is 0 Å². The zero-order chi connectivity index (χ0) is 13.7. The molecule has 0 radical (unpaired) electrons. The predicted octanol–water partition coefficient (Wildman–Crippen LogP) is 1.97. The van der Waals surface area contributed by atoms with Crippen LogP contribution in [-0.4, -0.2) is 35.3 Å². The number of halogens is 1. The lowest BCUT2D eigenvalue weighted by molar-refractivity contribution is 0.199. The highest BCUT2D eigenvalue weighted by Gasteiger charge is 2.07. The van der Waals surface area contributed by atoms with Gasteiger partial charge < -0.3 is 10.1 Å². The van der Waals surface area contributed by atoms with Crippen LogP contribution in [0.4, 0.5) is 0 Å². The normalized spacial score (nSPS) is 10.9. The number of rotatable bonds is 6. The molecule has 0 unspecified atom stereocenters. The second-order valence-electron chi connectivity index (χ2n) is 4.21. The summed E-state index contributed by atoms with van der Waals surface area (Å²) in [6.07, 6.45) is 1.90. The molecule has 0 spiro atoms. The quantitative estimate of drug-likeness (QED) is 0.822. The Balaban J connectivity index is 2.06. The molecule has 0 saturated carbocycles. The second kappa shape index (κ2) is 6.65. The molecule has 0 bridgehead atoms. The zero-order valence-corrected chi connectivity index (χ0v) is 11.8. The molecule has 0 aliphatic heterocycles. The Morgan fingerprint density at radius 1 is 1.42 bits per heavy atom. The van der Waals surface area contributed by atoms with E-state index in [1.807, 2.05) is 31.3 Å². The molecule has 1 aromatic heterocycles. The summed E-state index contributed by atoms with van der Waals surface area (Å²) in [5.74, 6) is 0. The van der Waals surface area contributed by atoms with Crippen molar-refractivity contribution < 1.29 is 4.74 Å². The topological polar surface area (TPSA) is 52.0 Å². The van der Waals surface area contributed by atoms with E-state index in [9.17, 15) is 0 Å². The highest BCUT2D eigenvalue weighted by Crippen LogP contribution is 2.21. The van der Waals surface area contributed by atoms with Crippen LogP contribution in [0.25, 0.3) is 5.69 Å². The molecule has 2 rings (SSSR count). The van der Waals surface area contributed by atoms with Crippen molar-refractivity contribution in [1.29, 1.82) is 0 Å². The largest absolute Gasteiger partial charge is 0.383 e. The number of hydrogen-bond donors (Lipinski definition) is 1. The van der Waals surface area contributed by atoms with Gasteiger partial charge in [-0.25, -0.2) is 4.68 Å². The van der Waals surface area contributed by atoms with E-state index in [4.69, 9.17) is 16.3 Å². The molecule has 0 aliphatic rings. The Morgan fingerprint density at radius 3 is 3.05 bits per heavy atom. The number of hydrogen-bond acceptors (Lipinski definition) is 4. The molecule has 0 amide bonds. The summed E-state index contributed by atoms with van der Waals surface area (Å²) >= 11 is 6.10. The van der Waals surface area contributed by atoms with Crippen molar-refractivity contribution in [3.05, 3.63) is 40.7 Å². The number of ether oxygens (including phenoxy) is 1. The van der Waals surface area contributed by atoms with Crippen LogP contribution < -0.4 is 5.32 Å². The van der Waals surface area contributed by atoms with Crippen molar-refractivity contribution in [1.82, 2.24) is 20.3 Å². The summed E-state index contributed by atoms with van der Waals surface area (Å²) in [6, 6.07) is 5.74. The SMILES string of the molecule is COCCNCc1cn(-c2cccc(Cl)c2C)nn1. The van der Waals surface area contributed by atoms with Crippen LogP contribution >= 0.6 is 11.6 Å². The first-order valence-corrected chi connectivity index (χ1v) is 6.46. The fraction of sp³-hybridized carbons (Fsp3) is 0.385. The van der Waals surface area contributed by atoms with Crippen molar-refractivity contribution in [3.8, 4) is 5.69 Å². The first-order valence-electron chi connectivity index (χ1n) is 6.08. The number of nitrogens with zero attached hydrogens (tertiary/aromatic N) is 3. The van der Waals surface area contributed by atoms with Gasteiger partial charge in [-0.05, 0) is 24.6 Å². The molecule has 5 nitrogen and oxygen atoms in total. The highest BCUT2D eigenvalue weighted by molar-refractivity contribution is 6.31. The van der Waals surface area contributed by atoms with E-state index < -0.39 is 0 Å². The smallest absolute Gasteiger partial charge is 0.0969 e. The summed E-state index contributed by atoms with van der Waals surface area (Å²) in [5, 5.41) is 12.2. The van der Waals surface area contributed by atoms with Crippen LogP contribution in [0.1, 0.15) is 11.3 Å². The molecule has 0 fully saturated rings. The lowest BCUT2D eigenvalue weighted by Crippen LogP contribution is -2.18. The Hall–Kier alpha value is -1.43. The van der Waals surface area contributed by atoms with E-state index in [-0.39, 0.29) is 0 Å². The minimum atomic E-state index is 0.670. The molecule has 1 N–H and O–H groups in total. The monoisotopic (exact) mass is 280 g/mol. The van der Waals surface area contributed by atoms with Crippen molar-refractivity contribution >= 4 is 11.6 Å². The van der Waals surface area contributed by atoms with Crippen molar-refractivity contribution in [3.63, 3.8) is 0 Å². The van der Waals surface area contributed by atoms with Crippen LogP contribution in [0.3, 0.4) is 0 Å². The van der Waals surface area contributed by atoms with Crippen molar-refractivity contribution in [2.45, 2.75) is 13.5 Å². The highest BCUT2D eigenvalue weighted by atomic mass is 35.5. The molecule has 0 aliphatic carbocycles. The lowest BCUT2D eigenvalue weighted by Gasteiger charge is -2.05. The summed E-state index contributed by atoms with van der Waals surface area (Å²) in [4.78, 5) is 0. The number of aromatic nitrogens is 3. The van der Waals surface area contributed by atoms with E-state index in [0.29, 0.717) is 13.2 Å². The fourth-order valence-electron chi connectivity index (χ4n) is 1.73. The summed E-state index contributed by atoms with van der Waals surface area (Å²) in [5.41, 5.74) is 2.83. The van der Waals surface area contributed by atoms with Crippen molar-refractivity contribution in [2.24, 2.45) is 0 Å². The minimum absolute atomic E-state index is 0.670. The van der Waals surface area contributed by atoms with E-state index >= 15 is 0 Å². The lowest BCUT2D eigenvalue weighted by atomic mass is 10.2. The Kier molecular flexibility index (Phi) is 4.90. The van der Waals surface area contributed by atoms with Crippen molar-refractivity contribution in [2.75, 3.05) is 20.3 Å². The van der Waals surface area contributed by atoms with Gasteiger partial charge in [0.15, 0.2) is 0 Å². The maximum Gasteiger partial charge on any atom is 0.0969 e. The van der Waals surface area contributed by atoms with Gasteiger partial charge in [-0.2, -0.15) is 0 Å². The molecule has 102 valence electrons. The van der Waals surface area contributed by atoms with Crippen LogP contribution in [-0.2, 0) is 11.3 Å². The minimum Gasteiger partial charge on any atom is -0.383 e. The third-order valence-electron chi connectivity index (χ3n) is 2.82. The molecule has 1 heterocycles. The third kappa shape index (κ3) is 3.53. The fourth-order valence-corrected chi connectivity index (χ4v) is 1.90. The summed E-state index contributed by atoms with van der Waals surface area (Å²) in [7, 11) is 1.68. The average Bonchev–Trinajstić information content (AvgIpc) is 2.87. The van der Waals surface area contributed by atoms with Gasteiger partial charge in [-0.3, -0.25) is 0 Å². The first kappa shape index (κ1) is 14.0. The van der Waals surface area contributed by atoms with Crippen LogP contribution in [0.2, 0.25) is 5.02 Å². The van der Waals surface area contributed by atoms with E-state index in [1.54, 1.807) is 11.8 Å². The molecule has 6 heteroatoms. The zero-order valence-electron chi connectivity index (χ0n) is 11.1. The average molecular weight is 281 g/mol. The predicted molar refractivity (Wildman–Crippen MR) is 74.7 cm³/mol. The number of methoxy groups -OCH3 is 1. The second-order valence-corrected chi connectivity index (χ2v) is 4.62. The summed E-state index contributed by atoms with van der Waals surface area (Å²) < 4.78 is 6.71. The molecule has 19 heavy (non-hydrogen) atoms. The van der Waals surface area contributed by atoms with E-state index in [2.05, 4.69) is 15.6 Å². The maximum absolute atomic E-state index is 6.10. The Bertz CT molecular complexity index is 541. The summed E-state index contributed by atoms with van der Waals surface area (Å²) in [6.45, 7) is 4.11. The first-order chi connectivity index (χ1) is 9.22. The van der Waals surface area contributed by atoms with E-state index in [1.165, 1.54) is 0 Å². The standard InChI is InChI=1S/C13H17ClN4O/c1-10-12(14)4-3-5-13(10)18-9-11(16-17-18)8-15-6-7-19-2/h3-5,9,15H,6-8H2,1-2H3. The number of nitrogens with one attached hydrogen (secondary N) is 1. The van der Waals surface area contributed by atoms with Crippen LogP contribution in [0.5, 0.6) is 0 Å². The molecule has 0 atom stereocenters. The van der Waals surface area contributed by atoms with Gasteiger partial charge in [0.2, 0.25) is 0 Å². The van der Waals surface area contributed by atoms with Crippen LogP contribution in [0.15, 0.2) is 24.4 Å². The van der Waals surface area contributed by atoms with Gasteiger partial charge in [0.05, 0.1) is 24.2 Å². The molecule has 0 saturated heterocycles.